The molecule has 1 N–H and O–H groups in total. The molecule has 94 valence electrons. The van der Waals surface area contributed by atoms with Crippen LogP contribution >= 0.6 is 0 Å². The second kappa shape index (κ2) is 5.96. The van der Waals surface area contributed by atoms with E-state index in [-0.39, 0.29) is 6.61 Å². The third-order valence-electron chi connectivity index (χ3n) is 3.76. The van der Waals surface area contributed by atoms with Crippen LogP contribution in [0.1, 0.15) is 19.3 Å². The molecule has 4 heteroatoms. The van der Waals surface area contributed by atoms with E-state index in [0.29, 0.717) is 12.1 Å². The summed E-state index contributed by atoms with van der Waals surface area (Å²) in [5, 5.41) is 9.09. The minimum absolute atomic E-state index is 0.263. The van der Waals surface area contributed by atoms with E-state index < -0.39 is 0 Å². The van der Waals surface area contributed by atoms with Crippen LogP contribution in [-0.4, -0.2) is 73.5 Å². The van der Waals surface area contributed by atoms with Crippen LogP contribution in [0.25, 0.3) is 0 Å². The number of aliphatic hydroxyl groups excluding tert-OH is 1. The first kappa shape index (κ1) is 12.3. The van der Waals surface area contributed by atoms with Gasteiger partial charge in [-0.3, -0.25) is 4.90 Å². The first-order valence-electron chi connectivity index (χ1n) is 6.44. The average Bonchev–Trinajstić information content (AvgIpc) is 2.15. The van der Waals surface area contributed by atoms with Crippen LogP contribution < -0.4 is 0 Å². The predicted octanol–water partition coefficient (Wildman–Crippen LogP) is 0.164. The number of morpholine rings is 1. The summed E-state index contributed by atoms with van der Waals surface area (Å²) < 4.78 is 5.78. The lowest BCUT2D eigenvalue weighted by Gasteiger charge is -2.40. The van der Waals surface area contributed by atoms with Gasteiger partial charge in [-0.2, -0.15) is 0 Å². The Balaban J connectivity index is 1.79. The normalized spacial score (nSPS) is 28.3. The maximum absolute atomic E-state index is 9.09. The molecule has 0 spiro atoms. The van der Waals surface area contributed by atoms with Crippen molar-refractivity contribution in [3.05, 3.63) is 0 Å². The van der Waals surface area contributed by atoms with Gasteiger partial charge in [-0.25, -0.2) is 0 Å². The molecule has 1 aliphatic carbocycles. The number of hydrogen-bond acceptors (Lipinski definition) is 4. The fraction of sp³-hybridized carbons (Fsp3) is 1.00. The molecule has 4 nitrogen and oxygen atoms in total. The number of hydrogen-bond donors (Lipinski definition) is 1. The highest BCUT2D eigenvalue weighted by Crippen LogP contribution is 2.25. The predicted molar refractivity (Wildman–Crippen MR) is 63.5 cm³/mol. The van der Waals surface area contributed by atoms with Crippen LogP contribution in [0.15, 0.2) is 0 Å². The summed E-state index contributed by atoms with van der Waals surface area (Å²) in [5.41, 5.74) is 0. The van der Waals surface area contributed by atoms with Gasteiger partial charge in [0.15, 0.2) is 0 Å². The van der Waals surface area contributed by atoms with E-state index in [1.54, 1.807) is 0 Å². The second-order valence-electron chi connectivity index (χ2n) is 5.06. The third kappa shape index (κ3) is 3.17. The Morgan fingerprint density at radius 2 is 2.25 bits per heavy atom. The van der Waals surface area contributed by atoms with E-state index >= 15 is 0 Å². The molecule has 1 saturated carbocycles. The standard InChI is InChI=1S/C12H24N2O2/c1-13-6-8-16-12(9-13)10-14(5-7-15)11-3-2-4-11/h11-12,15H,2-10H2,1H3. The van der Waals surface area contributed by atoms with Gasteiger partial charge in [0.1, 0.15) is 0 Å². The number of rotatable bonds is 5. The average molecular weight is 228 g/mol. The highest BCUT2D eigenvalue weighted by atomic mass is 16.5. The largest absolute Gasteiger partial charge is 0.395 e. The molecule has 0 amide bonds. The van der Waals surface area contributed by atoms with Crippen LogP contribution in [0.2, 0.25) is 0 Å². The van der Waals surface area contributed by atoms with Crippen molar-refractivity contribution in [2.24, 2.45) is 0 Å². The SMILES string of the molecule is CN1CCOC(CN(CCO)C2CCC2)C1. The van der Waals surface area contributed by atoms with Gasteiger partial charge in [-0.1, -0.05) is 6.42 Å². The van der Waals surface area contributed by atoms with E-state index in [1.807, 2.05) is 0 Å². The molecule has 1 atom stereocenters. The molecule has 2 fully saturated rings. The summed E-state index contributed by atoms with van der Waals surface area (Å²) in [6.07, 6.45) is 4.26. The third-order valence-corrected chi connectivity index (χ3v) is 3.76. The molecule has 0 aromatic heterocycles. The van der Waals surface area contributed by atoms with Gasteiger partial charge in [0, 0.05) is 32.2 Å². The molecular formula is C12H24N2O2. The van der Waals surface area contributed by atoms with Crippen molar-refractivity contribution in [1.82, 2.24) is 9.80 Å². The molecule has 1 unspecified atom stereocenters. The first-order chi connectivity index (χ1) is 7.79. The van der Waals surface area contributed by atoms with Crippen LogP contribution in [-0.2, 0) is 4.74 Å². The van der Waals surface area contributed by atoms with E-state index in [4.69, 9.17) is 9.84 Å². The van der Waals surface area contributed by atoms with E-state index in [2.05, 4.69) is 16.8 Å². The van der Waals surface area contributed by atoms with Crippen molar-refractivity contribution in [2.45, 2.75) is 31.4 Å². The smallest absolute Gasteiger partial charge is 0.0829 e. The van der Waals surface area contributed by atoms with Gasteiger partial charge < -0.3 is 14.7 Å². The van der Waals surface area contributed by atoms with Gasteiger partial charge in [-0.05, 0) is 19.9 Å². The number of ether oxygens (including phenoxy) is 1. The molecule has 0 aromatic rings. The zero-order chi connectivity index (χ0) is 11.4. The van der Waals surface area contributed by atoms with Crippen LogP contribution in [0.4, 0.5) is 0 Å². The summed E-state index contributed by atoms with van der Waals surface area (Å²) in [5.74, 6) is 0. The monoisotopic (exact) mass is 228 g/mol. The molecule has 0 bridgehead atoms. The summed E-state index contributed by atoms with van der Waals surface area (Å²) in [6.45, 7) is 4.95. The van der Waals surface area contributed by atoms with Crippen molar-refractivity contribution in [2.75, 3.05) is 46.4 Å². The summed E-state index contributed by atoms with van der Waals surface area (Å²) >= 11 is 0. The maximum atomic E-state index is 9.09. The first-order valence-corrected chi connectivity index (χ1v) is 6.44. The summed E-state index contributed by atoms with van der Waals surface area (Å²) in [4.78, 5) is 4.74. The van der Waals surface area contributed by atoms with Crippen LogP contribution in [0.5, 0.6) is 0 Å². The minimum Gasteiger partial charge on any atom is -0.395 e. The fourth-order valence-electron chi connectivity index (χ4n) is 2.54. The van der Waals surface area contributed by atoms with Crippen molar-refractivity contribution in [3.63, 3.8) is 0 Å². The molecule has 2 aliphatic rings. The Labute approximate surface area is 98.2 Å². The van der Waals surface area contributed by atoms with Gasteiger partial charge in [0.05, 0.1) is 19.3 Å². The lowest BCUT2D eigenvalue weighted by atomic mass is 9.91. The molecule has 1 aliphatic heterocycles. The summed E-state index contributed by atoms with van der Waals surface area (Å²) in [7, 11) is 2.15. The zero-order valence-electron chi connectivity index (χ0n) is 10.3. The van der Waals surface area contributed by atoms with E-state index in [1.165, 1.54) is 19.3 Å². The topological polar surface area (TPSA) is 35.9 Å². The summed E-state index contributed by atoms with van der Waals surface area (Å²) in [6, 6.07) is 0.697. The molecule has 0 radical (unpaired) electrons. The van der Waals surface area contributed by atoms with Crippen molar-refractivity contribution >= 4 is 0 Å². The number of likely N-dealkylation sites (N-methyl/N-ethyl adjacent to an activating group) is 1. The Morgan fingerprint density at radius 3 is 2.81 bits per heavy atom. The second-order valence-corrected chi connectivity index (χ2v) is 5.06. The fourth-order valence-corrected chi connectivity index (χ4v) is 2.54. The quantitative estimate of drug-likeness (QED) is 0.727. The maximum Gasteiger partial charge on any atom is 0.0829 e. The van der Waals surface area contributed by atoms with Gasteiger partial charge in [-0.15, -0.1) is 0 Å². The van der Waals surface area contributed by atoms with E-state index in [9.17, 15) is 0 Å². The Morgan fingerprint density at radius 1 is 1.44 bits per heavy atom. The molecule has 2 rings (SSSR count). The minimum atomic E-state index is 0.263. The zero-order valence-corrected chi connectivity index (χ0v) is 10.3. The van der Waals surface area contributed by atoms with Crippen molar-refractivity contribution in [3.8, 4) is 0 Å². The lowest BCUT2D eigenvalue weighted by Crippen LogP contribution is -2.50. The Hall–Kier alpha value is -0.160. The molecule has 0 aromatic carbocycles. The van der Waals surface area contributed by atoms with Crippen molar-refractivity contribution in [1.29, 1.82) is 0 Å². The van der Waals surface area contributed by atoms with Gasteiger partial charge >= 0.3 is 0 Å². The number of aliphatic hydroxyl groups is 1. The highest BCUT2D eigenvalue weighted by molar-refractivity contribution is 4.83. The highest BCUT2D eigenvalue weighted by Gasteiger charge is 2.28. The Bertz CT molecular complexity index is 209. The molecule has 16 heavy (non-hydrogen) atoms. The molecule has 1 heterocycles. The Kier molecular flexibility index (Phi) is 4.58. The van der Waals surface area contributed by atoms with E-state index in [0.717, 1.165) is 32.8 Å². The number of nitrogens with zero attached hydrogens (tertiary/aromatic N) is 2. The van der Waals surface area contributed by atoms with Crippen molar-refractivity contribution < 1.29 is 9.84 Å². The van der Waals surface area contributed by atoms with Crippen LogP contribution in [0, 0.1) is 0 Å². The van der Waals surface area contributed by atoms with Crippen LogP contribution in [0.3, 0.4) is 0 Å². The van der Waals surface area contributed by atoms with Gasteiger partial charge in [0.25, 0.3) is 0 Å². The molecule has 1 saturated heterocycles. The molecular weight excluding hydrogens is 204 g/mol. The lowest BCUT2D eigenvalue weighted by molar-refractivity contribution is -0.0490. The van der Waals surface area contributed by atoms with Gasteiger partial charge in [0.2, 0.25) is 0 Å².